The number of nitrogens with zero attached hydrogens (tertiary/aromatic N) is 1. The monoisotopic (exact) mass is 261 g/mol. The summed E-state index contributed by atoms with van der Waals surface area (Å²) in [5.74, 6) is -0.109. The van der Waals surface area contributed by atoms with Crippen molar-refractivity contribution in [3.8, 4) is 0 Å². The van der Waals surface area contributed by atoms with E-state index in [1.807, 2.05) is 0 Å². The number of benzene rings is 1. The van der Waals surface area contributed by atoms with Crippen molar-refractivity contribution in [3.63, 3.8) is 0 Å². The highest BCUT2D eigenvalue weighted by atomic mass is 16.5. The summed E-state index contributed by atoms with van der Waals surface area (Å²) < 4.78 is 4.67. The van der Waals surface area contributed by atoms with Crippen LogP contribution < -0.4 is 0 Å². The highest BCUT2D eigenvalue weighted by molar-refractivity contribution is 5.69. The summed E-state index contributed by atoms with van der Waals surface area (Å²) in [5, 5.41) is 0. The van der Waals surface area contributed by atoms with E-state index in [9.17, 15) is 4.79 Å². The van der Waals surface area contributed by atoms with Crippen LogP contribution in [-0.4, -0.2) is 37.6 Å². The molecule has 0 aromatic heterocycles. The molecule has 1 aliphatic rings. The van der Waals surface area contributed by atoms with Crippen molar-refractivity contribution in [1.82, 2.24) is 4.90 Å². The zero-order valence-corrected chi connectivity index (χ0v) is 11.9. The minimum Gasteiger partial charge on any atom is -0.469 e. The van der Waals surface area contributed by atoms with E-state index in [4.69, 9.17) is 0 Å². The third-order valence-corrected chi connectivity index (χ3v) is 4.06. The standard InChI is InChI=1S/C16H23NO2/c1-17(11-5-8-16(18)19-2)15-10-9-13-6-3-4-7-14(13)12-15/h3-4,6-7,15H,5,8-12H2,1-2H3. The Kier molecular flexibility index (Phi) is 4.97. The van der Waals surface area contributed by atoms with Crippen molar-refractivity contribution in [2.75, 3.05) is 20.7 Å². The van der Waals surface area contributed by atoms with Gasteiger partial charge in [-0.1, -0.05) is 24.3 Å². The molecule has 0 spiro atoms. The van der Waals surface area contributed by atoms with Crippen LogP contribution in [0.4, 0.5) is 0 Å². The number of hydrogen-bond acceptors (Lipinski definition) is 3. The van der Waals surface area contributed by atoms with Crippen LogP contribution in [0.1, 0.15) is 30.4 Å². The third kappa shape index (κ3) is 3.80. The average molecular weight is 261 g/mol. The van der Waals surface area contributed by atoms with E-state index in [1.165, 1.54) is 31.1 Å². The molecule has 0 radical (unpaired) electrons. The van der Waals surface area contributed by atoms with Gasteiger partial charge in [0.25, 0.3) is 0 Å². The maximum Gasteiger partial charge on any atom is 0.305 e. The maximum absolute atomic E-state index is 11.1. The summed E-state index contributed by atoms with van der Waals surface area (Å²) in [6.45, 7) is 0.960. The molecule has 0 saturated carbocycles. The molecule has 0 bridgehead atoms. The molecule has 0 aliphatic heterocycles. The fourth-order valence-corrected chi connectivity index (χ4v) is 2.81. The molecule has 0 N–H and O–H groups in total. The Bertz CT molecular complexity index is 431. The predicted octanol–water partition coefficient (Wildman–Crippen LogP) is 2.43. The molecule has 104 valence electrons. The number of ether oxygens (including phenoxy) is 1. The molecule has 3 heteroatoms. The smallest absolute Gasteiger partial charge is 0.305 e. The first kappa shape index (κ1) is 14.1. The van der Waals surface area contributed by atoms with Gasteiger partial charge in [-0.3, -0.25) is 4.79 Å². The molecule has 19 heavy (non-hydrogen) atoms. The summed E-state index contributed by atoms with van der Waals surface area (Å²) >= 11 is 0. The molecule has 1 aromatic rings. The van der Waals surface area contributed by atoms with E-state index in [0.29, 0.717) is 12.5 Å². The van der Waals surface area contributed by atoms with Gasteiger partial charge < -0.3 is 9.64 Å². The molecule has 0 fully saturated rings. The second-order valence-electron chi connectivity index (χ2n) is 5.33. The number of rotatable bonds is 5. The Labute approximate surface area is 115 Å². The van der Waals surface area contributed by atoms with E-state index in [2.05, 4.69) is 40.9 Å². The second kappa shape index (κ2) is 6.71. The number of fused-ring (bicyclic) bond motifs is 1. The first-order valence-corrected chi connectivity index (χ1v) is 7.04. The largest absolute Gasteiger partial charge is 0.469 e. The minimum atomic E-state index is -0.109. The highest BCUT2D eigenvalue weighted by Crippen LogP contribution is 2.23. The molecule has 1 atom stereocenters. The van der Waals surface area contributed by atoms with Crippen molar-refractivity contribution in [3.05, 3.63) is 35.4 Å². The first-order chi connectivity index (χ1) is 9.20. The van der Waals surface area contributed by atoms with Crippen LogP contribution in [0.2, 0.25) is 0 Å². The van der Waals surface area contributed by atoms with Crippen LogP contribution in [0.15, 0.2) is 24.3 Å². The minimum absolute atomic E-state index is 0.109. The van der Waals surface area contributed by atoms with Gasteiger partial charge in [0.05, 0.1) is 7.11 Å². The third-order valence-electron chi connectivity index (χ3n) is 4.06. The fraction of sp³-hybridized carbons (Fsp3) is 0.562. The lowest BCUT2D eigenvalue weighted by molar-refractivity contribution is -0.140. The molecule has 1 aliphatic carbocycles. The topological polar surface area (TPSA) is 29.5 Å². The molecule has 0 amide bonds. The highest BCUT2D eigenvalue weighted by Gasteiger charge is 2.21. The van der Waals surface area contributed by atoms with Crippen LogP contribution in [-0.2, 0) is 22.4 Å². The van der Waals surface area contributed by atoms with Gasteiger partial charge in [0.2, 0.25) is 0 Å². The van der Waals surface area contributed by atoms with E-state index in [1.54, 1.807) is 0 Å². The lowest BCUT2D eigenvalue weighted by Crippen LogP contribution is -2.37. The van der Waals surface area contributed by atoms with E-state index in [-0.39, 0.29) is 5.97 Å². The number of aryl methyl sites for hydroxylation is 1. The van der Waals surface area contributed by atoms with Crippen molar-refractivity contribution in [2.45, 2.75) is 38.1 Å². The molecular formula is C16H23NO2. The summed E-state index contributed by atoms with van der Waals surface area (Å²) in [6.07, 6.45) is 4.91. The molecule has 0 saturated heterocycles. The van der Waals surface area contributed by atoms with Gasteiger partial charge in [-0.15, -0.1) is 0 Å². The molecule has 1 aromatic carbocycles. The van der Waals surface area contributed by atoms with Crippen LogP contribution >= 0.6 is 0 Å². The maximum atomic E-state index is 11.1. The van der Waals surface area contributed by atoms with Crippen LogP contribution in [0, 0.1) is 0 Å². The van der Waals surface area contributed by atoms with E-state index < -0.39 is 0 Å². The van der Waals surface area contributed by atoms with Gasteiger partial charge in [-0.05, 0) is 50.4 Å². The van der Waals surface area contributed by atoms with Crippen LogP contribution in [0.25, 0.3) is 0 Å². The average Bonchev–Trinajstić information content (AvgIpc) is 2.46. The summed E-state index contributed by atoms with van der Waals surface area (Å²) in [6, 6.07) is 9.33. The lowest BCUT2D eigenvalue weighted by atomic mass is 9.87. The van der Waals surface area contributed by atoms with Crippen molar-refractivity contribution >= 4 is 5.97 Å². The Hall–Kier alpha value is -1.35. The van der Waals surface area contributed by atoms with Gasteiger partial charge in [-0.25, -0.2) is 0 Å². The molecule has 1 unspecified atom stereocenters. The summed E-state index contributed by atoms with van der Waals surface area (Å²) in [7, 11) is 3.61. The number of carbonyl (C=O) groups excluding carboxylic acids is 1. The van der Waals surface area contributed by atoms with Crippen molar-refractivity contribution in [2.24, 2.45) is 0 Å². The number of carbonyl (C=O) groups is 1. The number of esters is 1. The normalized spacial score (nSPS) is 18.2. The Morgan fingerprint density at radius 2 is 2.11 bits per heavy atom. The van der Waals surface area contributed by atoms with Crippen molar-refractivity contribution < 1.29 is 9.53 Å². The number of hydrogen-bond donors (Lipinski definition) is 0. The summed E-state index contributed by atoms with van der Waals surface area (Å²) in [5.41, 5.74) is 2.99. The molecule has 0 heterocycles. The molecule has 3 nitrogen and oxygen atoms in total. The fourth-order valence-electron chi connectivity index (χ4n) is 2.81. The quantitative estimate of drug-likeness (QED) is 0.762. The number of likely N-dealkylation sites (N-methyl/N-ethyl adjacent to an activating group) is 1. The molecular weight excluding hydrogens is 238 g/mol. The van der Waals surface area contributed by atoms with E-state index >= 15 is 0 Å². The van der Waals surface area contributed by atoms with Crippen molar-refractivity contribution in [1.29, 1.82) is 0 Å². The van der Waals surface area contributed by atoms with Gasteiger partial charge in [-0.2, -0.15) is 0 Å². The zero-order valence-electron chi connectivity index (χ0n) is 11.9. The zero-order chi connectivity index (χ0) is 13.7. The Balaban J connectivity index is 1.82. The number of methoxy groups -OCH3 is 1. The first-order valence-electron chi connectivity index (χ1n) is 7.04. The Morgan fingerprint density at radius 3 is 2.84 bits per heavy atom. The Morgan fingerprint density at radius 1 is 1.37 bits per heavy atom. The predicted molar refractivity (Wildman–Crippen MR) is 76.1 cm³/mol. The van der Waals surface area contributed by atoms with Gasteiger partial charge in [0.15, 0.2) is 0 Å². The van der Waals surface area contributed by atoms with Crippen LogP contribution in [0.3, 0.4) is 0 Å². The molecule has 2 rings (SSSR count). The van der Waals surface area contributed by atoms with Gasteiger partial charge in [0.1, 0.15) is 0 Å². The lowest BCUT2D eigenvalue weighted by Gasteiger charge is -2.32. The van der Waals surface area contributed by atoms with Gasteiger partial charge >= 0.3 is 5.97 Å². The SMILES string of the molecule is COC(=O)CCCN(C)C1CCc2ccccc2C1. The van der Waals surface area contributed by atoms with Gasteiger partial charge in [0, 0.05) is 12.5 Å². The van der Waals surface area contributed by atoms with E-state index in [0.717, 1.165) is 19.4 Å². The van der Waals surface area contributed by atoms with Crippen LogP contribution in [0.5, 0.6) is 0 Å². The second-order valence-corrected chi connectivity index (χ2v) is 5.33. The summed E-state index contributed by atoms with van der Waals surface area (Å²) in [4.78, 5) is 13.5.